The van der Waals surface area contributed by atoms with Crippen LogP contribution in [-0.2, 0) is 0 Å². The molecule has 0 aliphatic carbocycles. The maximum absolute atomic E-state index is 12.6. The monoisotopic (exact) mass is 389 g/mol. The summed E-state index contributed by atoms with van der Waals surface area (Å²) < 4.78 is 12.0. The van der Waals surface area contributed by atoms with Gasteiger partial charge in [0.25, 0.3) is 5.91 Å². The summed E-state index contributed by atoms with van der Waals surface area (Å²) in [6, 6.07) is 12.6. The van der Waals surface area contributed by atoms with Gasteiger partial charge in [0.05, 0.1) is 11.7 Å². The zero-order chi connectivity index (χ0) is 17.5. The number of hydrogen-bond donors (Lipinski definition) is 1. The quantitative estimate of drug-likeness (QED) is 0.673. The first-order chi connectivity index (χ1) is 11.5. The molecule has 0 aliphatic rings. The summed E-state index contributed by atoms with van der Waals surface area (Å²) in [6.45, 7) is 7.87. The van der Waals surface area contributed by atoms with Crippen molar-refractivity contribution in [3.8, 4) is 11.5 Å². The lowest BCUT2D eigenvalue weighted by molar-refractivity contribution is 0.102. The third-order valence-electron chi connectivity index (χ3n) is 3.01. The molecule has 5 heteroatoms. The van der Waals surface area contributed by atoms with Crippen LogP contribution in [0.2, 0.25) is 0 Å². The Hall–Kier alpha value is -2.27. The molecular formula is C19H20BrNO3. The highest BCUT2D eigenvalue weighted by Crippen LogP contribution is 2.26. The molecule has 0 unspecified atom stereocenters. The van der Waals surface area contributed by atoms with Crippen molar-refractivity contribution in [2.75, 3.05) is 11.9 Å². The van der Waals surface area contributed by atoms with Gasteiger partial charge >= 0.3 is 0 Å². The van der Waals surface area contributed by atoms with Crippen molar-refractivity contribution in [1.29, 1.82) is 0 Å². The first kappa shape index (κ1) is 18.1. The van der Waals surface area contributed by atoms with Crippen LogP contribution in [0.5, 0.6) is 11.5 Å². The normalized spacial score (nSPS) is 10.3. The molecule has 2 aromatic carbocycles. The highest BCUT2D eigenvalue weighted by atomic mass is 79.9. The van der Waals surface area contributed by atoms with E-state index in [1.807, 2.05) is 32.0 Å². The largest absolute Gasteiger partial charge is 0.490 e. The Morgan fingerprint density at radius 1 is 1.29 bits per heavy atom. The van der Waals surface area contributed by atoms with Gasteiger partial charge in [0.2, 0.25) is 0 Å². The number of carbonyl (C=O) groups excluding carboxylic acids is 1. The van der Waals surface area contributed by atoms with E-state index < -0.39 is 0 Å². The summed E-state index contributed by atoms with van der Waals surface area (Å²) in [5, 5.41) is 2.87. The van der Waals surface area contributed by atoms with Gasteiger partial charge in [-0.25, -0.2) is 0 Å². The Morgan fingerprint density at radius 3 is 2.79 bits per heavy atom. The standard InChI is InChI=1S/C19H20BrNO3/c1-4-10-23-16-7-5-6-15(12-16)21-19(22)17-11-14(20)8-9-18(17)24-13(2)3/h4-9,11-13H,1,10H2,2-3H3,(H,21,22). The van der Waals surface area contributed by atoms with Gasteiger partial charge in [0.1, 0.15) is 18.1 Å². The van der Waals surface area contributed by atoms with Gasteiger partial charge < -0.3 is 14.8 Å². The van der Waals surface area contributed by atoms with Crippen LogP contribution in [0.1, 0.15) is 24.2 Å². The molecule has 0 fully saturated rings. The second kappa shape index (κ2) is 8.55. The van der Waals surface area contributed by atoms with Crippen molar-refractivity contribution in [2.45, 2.75) is 20.0 Å². The predicted octanol–water partition coefficient (Wildman–Crippen LogP) is 5.05. The molecule has 4 nitrogen and oxygen atoms in total. The number of carbonyl (C=O) groups is 1. The van der Waals surface area contributed by atoms with Crippen LogP contribution in [0.15, 0.2) is 59.6 Å². The SMILES string of the molecule is C=CCOc1cccc(NC(=O)c2cc(Br)ccc2OC(C)C)c1. The molecule has 0 bridgehead atoms. The molecule has 0 saturated heterocycles. The molecule has 0 heterocycles. The van der Waals surface area contributed by atoms with Gasteiger partial charge in [0.15, 0.2) is 0 Å². The molecule has 2 aromatic rings. The maximum Gasteiger partial charge on any atom is 0.259 e. The number of hydrogen-bond acceptors (Lipinski definition) is 3. The summed E-state index contributed by atoms with van der Waals surface area (Å²) in [4.78, 5) is 12.6. The minimum absolute atomic E-state index is 0.0200. The van der Waals surface area contributed by atoms with Crippen molar-refractivity contribution >= 4 is 27.5 Å². The topological polar surface area (TPSA) is 47.6 Å². The summed E-state index contributed by atoms with van der Waals surface area (Å²) in [5.41, 5.74) is 1.12. The fourth-order valence-electron chi connectivity index (χ4n) is 2.05. The molecule has 24 heavy (non-hydrogen) atoms. The second-order valence-electron chi connectivity index (χ2n) is 5.39. The molecular weight excluding hydrogens is 370 g/mol. The third-order valence-corrected chi connectivity index (χ3v) is 3.50. The first-order valence-corrected chi connectivity index (χ1v) is 8.40. The molecule has 0 atom stereocenters. The average molecular weight is 390 g/mol. The van der Waals surface area contributed by atoms with E-state index in [1.165, 1.54) is 0 Å². The van der Waals surface area contributed by atoms with Gasteiger partial charge in [-0.3, -0.25) is 4.79 Å². The van der Waals surface area contributed by atoms with E-state index in [0.717, 1.165) is 4.47 Å². The third kappa shape index (κ3) is 5.13. The van der Waals surface area contributed by atoms with E-state index in [1.54, 1.807) is 30.3 Å². The summed E-state index contributed by atoms with van der Waals surface area (Å²) in [7, 11) is 0. The Bertz CT molecular complexity index is 728. The zero-order valence-corrected chi connectivity index (χ0v) is 15.3. The number of benzene rings is 2. The lowest BCUT2D eigenvalue weighted by atomic mass is 10.1. The fourth-order valence-corrected chi connectivity index (χ4v) is 2.41. The minimum atomic E-state index is -0.243. The predicted molar refractivity (Wildman–Crippen MR) is 100.0 cm³/mol. The lowest BCUT2D eigenvalue weighted by Crippen LogP contribution is -2.16. The van der Waals surface area contributed by atoms with Gasteiger partial charge in [-0.2, -0.15) is 0 Å². The molecule has 1 N–H and O–H groups in total. The molecule has 2 rings (SSSR count). The van der Waals surface area contributed by atoms with Crippen LogP contribution < -0.4 is 14.8 Å². The number of rotatable bonds is 7. The number of anilines is 1. The number of amides is 1. The highest BCUT2D eigenvalue weighted by molar-refractivity contribution is 9.10. The molecule has 0 aromatic heterocycles. The molecule has 0 radical (unpaired) electrons. The van der Waals surface area contributed by atoms with E-state index in [2.05, 4.69) is 27.8 Å². The van der Waals surface area contributed by atoms with Crippen LogP contribution in [0, 0.1) is 0 Å². The van der Waals surface area contributed by atoms with Crippen molar-refractivity contribution in [1.82, 2.24) is 0 Å². The van der Waals surface area contributed by atoms with Crippen LogP contribution in [0.3, 0.4) is 0 Å². The second-order valence-corrected chi connectivity index (χ2v) is 6.30. The van der Waals surface area contributed by atoms with Crippen molar-refractivity contribution < 1.29 is 14.3 Å². The van der Waals surface area contributed by atoms with Crippen LogP contribution in [-0.4, -0.2) is 18.6 Å². The summed E-state index contributed by atoms with van der Waals surface area (Å²) in [6.07, 6.45) is 1.65. The Kier molecular flexibility index (Phi) is 6.44. The Balaban J connectivity index is 2.20. The number of ether oxygens (including phenoxy) is 2. The minimum Gasteiger partial charge on any atom is -0.490 e. The molecule has 1 amide bonds. The van der Waals surface area contributed by atoms with Crippen LogP contribution >= 0.6 is 15.9 Å². The van der Waals surface area contributed by atoms with Crippen molar-refractivity contribution in [3.63, 3.8) is 0 Å². The molecule has 0 saturated carbocycles. The maximum atomic E-state index is 12.6. The smallest absolute Gasteiger partial charge is 0.259 e. The molecule has 126 valence electrons. The van der Waals surface area contributed by atoms with Gasteiger partial charge in [-0.05, 0) is 44.2 Å². The van der Waals surface area contributed by atoms with E-state index in [-0.39, 0.29) is 12.0 Å². The fraction of sp³-hybridized carbons (Fsp3) is 0.211. The lowest BCUT2D eigenvalue weighted by Gasteiger charge is -2.15. The van der Waals surface area contributed by atoms with E-state index in [9.17, 15) is 4.79 Å². The summed E-state index contributed by atoms with van der Waals surface area (Å²) in [5.74, 6) is 0.971. The van der Waals surface area contributed by atoms with Crippen molar-refractivity contribution in [3.05, 3.63) is 65.2 Å². The zero-order valence-electron chi connectivity index (χ0n) is 13.7. The van der Waals surface area contributed by atoms with Crippen molar-refractivity contribution in [2.24, 2.45) is 0 Å². The Labute approximate surface area is 150 Å². The average Bonchev–Trinajstić information content (AvgIpc) is 2.54. The van der Waals surface area contributed by atoms with E-state index >= 15 is 0 Å². The number of halogens is 1. The first-order valence-electron chi connectivity index (χ1n) is 7.61. The Morgan fingerprint density at radius 2 is 2.08 bits per heavy atom. The summed E-state index contributed by atoms with van der Waals surface area (Å²) >= 11 is 3.39. The van der Waals surface area contributed by atoms with Gasteiger partial charge in [0, 0.05) is 16.2 Å². The van der Waals surface area contributed by atoms with Crippen LogP contribution in [0.4, 0.5) is 5.69 Å². The van der Waals surface area contributed by atoms with Gasteiger partial charge in [-0.1, -0.05) is 34.7 Å². The molecule has 0 spiro atoms. The van der Waals surface area contributed by atoms with E-state index in [0.29, 0.717) is 29.4 Å². The number of nitrogens with one attached hydrogen (secondary N) is 1. The van der Waals surface area contributed by atoms with E-state index in [4.69, 9.17) is 9.47 Å². The van der Waals surface area contributed by atoms with Gasteiger partial charge in [-0.15, -0.1) is 0 Å². The van der Waals surface area contributed by atoms with Crippen LogP contribution in [0.25, 0.3) is 0 Å². The highest BCUT2D eigenvalue weighted by Gasteiger charge is 2.15. The molecule has 0 aliphatic heterocycles.